The van der Waals surface area contributed by atoms with Crippen molar-refractivity contribution < 1.29 is 0 Å². The summed E-state index contributed by atoms with van der Waals surface area (Å²) in [6.45, 7) is 9.31. The maximum absolute atomic E-state index is 2.37. The SMILES string of the molecule is CCc1c2cccc1Cc1cccc(c1CC)Cc1cccc(c1CC)Cc1cccc(c1CC)C2. The van der Waals surface area contributed by atoms with Gasteiger partial charge >= 0.3 is 0 Å². The molecule has 1 aliphatic rings. The van der Waals surface area contributed by atoms with E-state index in [1.807, 2.05) is 0 Å². The molecule has 36 heavy (non-hydrogen) atoms. The maximum atomic E-state index is 2.37. The lowest BCUT2D eigenvalue weighted by Crippen LogP contribution is -2.09. The number of hydrogen-bond donors (Lipinski definition) is 0. The van der Waals surface area contributed by atoms with Crippen molar-refractivity contribution in [3.63, 3.8) is 0 Å². The molecule has 184 valence electrons. The van der Waals surface area contributed by atoms with Gasteiger partial charge in [-0.1, -0.05) is 100 Å². The number of hydrogen-bond acceptors (Lipinski definition) is 0. The second-order valence-electron chi connectivity index (χ2n) is 10.3. The van der Waals surface area contributed by atoms with E-state index in [0.29, 0.717) is 0 Å². The highest BCUT2D eigenvalue weighted by atomic mass is 14.2. The Morgan fingerprint density at radius 1 is 0.333 bits per heavy atom. The molecule has 0 aromatic heterocycles. The summed E-state index contributed by atoms with van der Waals surface area (Å²) in [5.41, 5.74) is 18.2. The summed E-state index contributed by atoms with van der Waals surface area (Å²) in [4.78, 5) is 0. The van der Waals surface area contributed by atoms with E-state index in [1.54, 1.807) is 22.3 Å². The average molecular weight is 473 g/mol. The molecule has 0 radical (unpaired) electrons. The topological polar surface area (TPSA) is 0 Å². The molecule has 0 unspecified atom stereocenters. The summed E-state index contributed by atoms with van der Waals surface area (Å²) >= 11 is 0. The molecule has 0 amide bonds. The third kappa shape index (κ3) is 4.66. The van der Waals surface area contributed by atoms with E-state index in [1.165, 1.54) is 44.5 Å². The first kappa shape index (κ1) is 24.6. The Bertz CT molecular complexity index is 1080. The van der Waals surface area contributed by atoms with Gasteiger partial charge in [0, 0.05) is 0 Å². The normalized spacial score (nSPS) is 13.0. The number of rotatable bonds is 4. The summed E-state index contributed by atoms with van der Waals surface area (Å²) in [5, 5.41) is 0. The molecule has 5 rings (SSSR count). The summed E-state index contributed by atoms with van der Waals surface area (Å²) in [6.07, 6.45) is 8.42. The molecule has 0 fully saturated rings. The van der Waals surface area contributed by atoms with E-state index in [0.717, 1.165) is 51.4 Å². The van der Waals surface area contributed by atoms with Crippen LogP contribution in [0.4, 0.5) is 0 Å². The fourth-order valence-corrected chi connectivity index (χ4v) is 6.71. The van der Waals surface area contributed by atoms with Crippen LogP contribution in [0.3, 0.4) is 0 Å². The molecule has 4 aromatic rings. The lowest BCUT2D eigenvalue weighted by atomic mass is 9.83. The molecule has 0 saturated carbocycles. The molecule has 0 atom stereocenters. The minimum atomic E-state index is 1.02. The smallest absolute Gasteiger partial charge is 0.00201 e. The largest absolute Gasteiger partial charge is 0.0617 e. The predicted molar refractivity (Wildman–Crippen MR) is 155 cm³/mol. The minimum absolute atomic E-state index is 1.02. The van der Waals surface area contributed by atoms with Gasteiger partial charge in [-0.3, -0.25) is 0 Å². The van der Waals surface area contributed by atoms with Crippen molar-refractivity contribution in [3.05, 3.63) is 140 Å². The highest BCUT2D eigenvalue weighted by Crippen LogP contribution is 2.30. The highest BCUT2D eigenvalue weighted by molar-refractivity contribution is 5.50. The molecule has 0 aliphatic heterocycles. The third-order valence-electron chi connectivity index (χ3n) is 8.42. The van der Waals surface area contributed by atoms with Gasteiger partial charge in [0.05, 0.1) is 0 Å². The highest BCUT2D eigenvalue weighted by Gasteiger charge is 2.17. The van der Waals surface area contributed by atoms with E-state index >= 15 is 0 Å². The standard InChI is InChI=1S/C36H40/c1-5-33-25-13-9-14-26(33)22-28-16-11-18-30(35(28)7-3)24-32-20-12-19-31(36(32)8-4)23-29-17-10-15-27(21-25)34(29)6-2/h9-20H,5-8,21-24H2,1-4H3. The molecular formula is C36H40. The van der Waals surface area contributed by atoms with E-state index in [4.69, 9.17) is 0 Å². The maximum Gasteiger partial charge on any atom is -0.00201 e. The summed E-state index contributed by atoms with van der Waals surface area (Å²) in [6, 6.07) is 28.1. The van der Waals surface area contributed by atoms with E-state index in [9.17, 15) is 0 Å². The fourth-order valence-electron chi connectivity index (χ4n) is 6.71. The molecule has 4 aromatic carbocycles. The number of fused-ring (bicyclic) bond motifs is 8. The Balaban J connectivity index is 1.76. The van der Waals surface area contributed by atoms with Gasteiger partial charge in [-0.15, -0.1) is 0 Å². The quantitative estimate of drug-likeness (QED) is 0.246. The molecule has 8 bridgehead atoms. The van der Waals surface area contributed by atoms with Gasteiger partial charge in [-0.25, -0.2) is 0 Å². The number of benzene rings is 4. The third-order valence-corrected chi connectivity index (χ3v) is 8.42. The zero-order valence-electron chi connectivity index (χ0n) is 22.6. The first-order valence-electron chi connectivity index (χ1n) is 14.0. The van der Waals surface area contributed by atoms with Crippen LogP contribution in [-0.4, -0.2) is 0 Å². The van der Waals surface area contributed by atoms with E-state index in [2.05, 4.69) is 100 Å². The molecule has 0 heteroatoms. The van der Waals surface area contributed by atoms with E-state index in [-0.39, 0.29) is 0 Å². The second-order valence-corrected chi connectivity index (χ2v) is 10.3. The van der Waals surface area contributed by atoms with Crippen LogP contribution in [0.15, 0.2) is 72.8 Å². The fraction of sp³-hybridized carbons (Fsp3) is 0.333. The van der Waals surface area contributed by atoms with Crippen LogP contribution in [0.5, 0.6) is 0 Å². The van der Waals surface area contributed by atoms with Crippen molar-refractivity contribution in [2.45, 2.75) is 79.1 Å². The minimum Gasteiger partial charge on any atom is -0.0617 e. The molecule has 0 N–H and O–H groups in total. The van der Waals surface area contributed by atoms with Crippen LogP contribution >= 0.6 is 0 Å². The second kappa shape index (κ2) is 10.9. The lowest BCUT2D eigenvalue weighted by molar-refractivity contribution is 0.944. The molecule has 0 heterocycles. The van der Waals surface area contributed by atoms with Gasteiger partial charge in [0.25, 0.3) is 0 Å². The Kier molecular flexibility index (Phi) is 7.42. The Hall–Kier alpha value is -3.12. The first-order valence-corrected chi connectivity index (χ1v) is 14.0. The molecule has 0 saturated heterocycles. The van der Waals surface area contributed by atoms with Crippen LogP contribution in [0.1, 0.15) is 94.5 Å². The lowest BCUT2D eigenvalue weighted by Gasteiger charge is -2.21. The van der Waals surface area contributed by atoms with E-state index < -0.39 is 0 Å². The summed E-state index contributed by atoms with van der Waals surface area (Å²) < 4.78 is 0. The van der Waals surface area contributed by atoms with Crippen molar-refractivity contribution in [1.29, 1.82) is 0 Å². The Labute approximate surface area is 218 Å². The Morgan fingerprint density at radius 2 is 0.500 bits per heavy atom. The summed E-state index contributed by atoms with van der Waals surface area (Å²) in [7, 11) is 0. The van der Waals surface area contributed by atoms with Crippen LogP contribution in [-0.2, 0) is 51.4 Å². The van der Waals surface area contributed by atoms with Crippen molar-refractivity contribution >= 4 is 0 Å². The predicted octanol–water partition coefficient (Wildman–Crippen LogP) is 8.61. The van der Waals surface area contributed by atoms with Gasteiger partial charge in [-0.05, 0) is 118 Å². The summed E-state index contributed by atoms with van der Waals surface area (Å²) in [5.74, 6) is 0. The van der Waals surface area contributed by atoms with Gasteiger partial charge in [-0.2, -0.15) is 0 Å². The van der Waals surface area contributed by atoms with Crippen LogP contribution in [0.25, 0.3) is 0 Å². The van der Waals surface area contributed by atoms with Gasteiger partial charge in [0.15, 0.2) is 0 Å². The monoisotopic (exact) mass is 472 g/mol. The van der Waals surface area contributed by atoms with Crippen molar-refractivity contribution in [1.82, 2.24) is 0 Å². The van der Waals surface area contributed by atoms with Crippen LogP contribution < -0.4 is 0 Å². The van der Waals surface area contributed by atoms with Gasteiger partial charge < -0.3 is 0 Å². The zero-order chi connectivity index (χ0) is 25.1. The molecule has 0 nitrogen and oxygen atoms in total. The van der Waals surface area contributed by atoms with Crippen LogP contribution in [0.2, 0.25) is 0 Å². The van der Waals surface area contributed by atoms with Gasteiger partial charge in [0.1, 0.15) is 0 Å². The Morgan fingerprint density at radius 3 is 0.639 bits per heavy atom. The molecule has 1 aliphatic carbocycles. The van der Waals surface area contributed by atoms with Gasteiger partial charge in [0.2, 0.25) is 0 Å². The zero-order valence-corrected chi connectivity index (χ0v) is 22.6. The first-order chi connectivity index (χ1) is 17.7. The molecular weight excluding hydrogens is 432 g/mol. The molecule has 0 spiro atoms. The van der Waals surface area contributed by atoms with Crippen molar-refractivity contribution in [2.24, 2.45) is 0 Å². The average Bonchev–Trinajstić information content (AvgIpc) is 2.89. The van der Waals surface area contributed by atoms with Crippen molar-refractivity contribution in [3.8, 4) is 0 Å². The van der Waals surface area contributed by atoms with Crippen LogP contribution in [0, 0.1) is 0 Å². The van der Waals surface area contributed by atoms with Crippen molar-refractivity contribution in [2.75, 3.05) is 0 Å².